The summed E-state index contributed by atoms with van der Waals surface area (Å²) in [7, 11) is -2.30. The molecule has 1 aromatic rings. The summed E-state index contributed by atoms with van der Waals surface area (Å²) in [5.41, 5.74) is -0.705. The number of nitrogens with zero attached hydrogens (tertiary/aromatic N) is 1. The highest BCUT2D eigenvalue weighted by molar-refractivity contribution is 7.89. The van der Waals surface area contributed by atoms with Crippen LogP contribution < -0.4 is 14.8 Å². The lowest BCUT2D eigenvalue weighted by Gasteiger charge is -2.28. The van der Waals surface area contributed by atoms with Crippen molar-refractivity contribution in [1.82, 2.24) is 14.9 Å². The molecule has 150 valence electrons. The topological polar surface area (TPSA) is 114 Å². The molecular weight excluding hydrogens is 374 g/mol. The van der Waals surface area contributed by atoms with Gasteiger partial charge >= 0.3 is 6.09 Å². The Kier molecular flexibility index (Phi) is 6.32. The third kappa shape index (κ3) is 5.57. The second kappa shape index (κ2) is 8.13. The van der Waals surface area contributed by atoms with Crippen LogP contribution in [0.15, 0.2) is 29.2 Å². The Morgan fingerprint density at radius 1 is 1.26 bits per heavy atom. The van der Waals surface area contributed by atoms with Crippen molar-refractivity contribution in [2.45, 2.75) is 49.9 Å². The van der Waals surface area contributed by atoms with Crippen LogP contribution in [0.25, 0.3) is 0 Å². The van der Waals surface area contributed by atoms with Crippen molar-refractivity contribution in [2.24, 2.45) is 0 Å². The lowest BCUT2D eigenvalue weighted by Crippen LogP contribution is -2.46. The van der Waals surface area contributed by atoms with E-state index in [-0.39, 0.29) is 17.9 Å². The van der Waals surface area contributed by atoms with Gasteiger partial charge in [0.05, 0.1) is 12.0 Å². The van der Waals surface area contributed by atoms with Crippen molar-refractivity contribution in [3.63, 3.8) is 0 Å². The molecule has 0 saturated carbocycles. The Hall–Kier alpha value is -2.33. The van der Waals surface area contributed by atoms with Crippen LogP contribution >= 0.6 is 0 Å². The zero-order valence-corrected chi connectivity index (χ0v) is 16.6. The largest absolute Gasteiger partial charge is 0.497 e. The Balaban J connectivity index is 2.11. The van der Waals surface area contributed by atoms with Crippen molar-refractivity contribution in [2.75, 3.05) is 13.7 Å². The van der Waals surface area contributed by atoms with Crippen molar-refractivity contribution in [1.29, 1.82) is 0 Å². The summed E-state index contributed by atoms with van der Waals surface area (Å²) in [5, 5.41) is 2.52. The molecule has 2 rings (SSSR count). The number of hydrogen-bond donors (Lipinski definition) is 2. The molecule has 2 N–H and O–H groups in total. The minimum atomic E-state index is -3.79. The SMILES string of the molecule is COc1ccc(S(=O)(=O)N[C@@H]2C[C@@H](NC=O)N(C(=O)OC(C)(C)C)C2)cc1. The Morgan fingerprint density at radius 3 is 2.41 bits per heavy atom. The van der Waals surface area contributed by atoms with E-state index in [0.717, 1.165) is 0 Å². The van der Waals surface area contributed by atoms with Gasteiger partial charge < -0.3 is 14.8 Å². The van der Waals surface area contributed by atoms with Crippen molar-refractivity contribution >= 4 is 22.5 Å². The monoisotopic (exact) mass is 399 g/mol. The highest BCUT2D eigenvalue weighted by Gasteiger charge is 2.39. The number of carbonyl (C=O) groups excluding carboxylic acids is 2. The summed E-state index contributed by atoms with van der Waals surface area (Å²) in [6, 6.07) is 5.40. The Bertz CT molecular complexity index is 773. The first kappa shape index (κ1) is 21.0. The zero-order chi connectivity index (χ0) is 20.2. The van der Waals surface area contributed by atoms with E-state index in [0.29, 0.717) is 12.2 Å². The molecule has 1 aliphatic heterocycles. The molecule has 2 amide bonds. The van der Waals surface area contributed by atoms with Gasteiger partial charge in [0.1, 0.15) is 17.5 Å². The predicted octanol–water partition coefficient (Wildman–Crippen LogP) is 1.05. The first-order chi connectivity index (χ1) is 12.6. The Labute approximate surface area is 159 Å². The van der Waals surface area contributed by atoms with Crippen molar-refractivity contribution in [3.05, 3.63) is 24.3 Å². The maximum atomic E-state index is 12.6. The van der Waals surface area contributed by atoms with E-state index in [1.807, 2.05) is 0 Å². The first-order valence-corrected chi connectivity index (χ1v) is 9.90. The van der Waals surface area contributed by atoms with Crippen LogP contribution in [0.4, 0.5) is 4.79 Å². The minimum Gasteiger partial charge on any atom is -0.497 e. The molecule has 0 aromatic heterocycles. The second-order valence-corrected chi connectivity index (χ2v) is 8.88. The number of ether oxygens (including phenoxy) is 2. The van der Waals surface area contributed by atoms with Crippen molar-refractivity contribution in [3.8, 4) is 5.75 Å². The van der Waals surface area contributed by atoms with Gasteiger partial charge in [-0.1, -0.05) is 0 Å². The molecule has 1 saturated heterocycles. The van der Waals surface area contributed by atoms with Gasteiger partial charge in [-0.15, -0.1) is 0 Å². The maximum absolute atomic E-state index is 12.6. The van der Waals surface area contributed by atoms with Crippen molar-refractivity contribution < 1.29 is 27.5 Å². The van der Waals surface area contributed by atoms with E-state index in [1.165, 1.54) is 24.1 Å². The van der Waals surface area contributed by atoms with E-state index >= 15 is 0 Å². The summed E-state index contributed by atoms with van der Waals surface area (Å²) >= 11 is 0. The lowest BCUT2D eigenvalue weighted by molar-refractivity contribution is -0.110. The molecule has 1 fully saturated rings. The molecule has 27 heavy (non-hydrogen) atoms. The number of benzene rings is 1. The number of sulfonamides is 1. The van der Waals surface area contributed by atoms with Crippen LogP contribution in [0.3, 0.4) is 0 Å². The summed E-state index contributed by atoms with van der Waals surface area (Å²) in [4.78, 5) is 24.6. The number of nitrogens with one attached hydrogen (secondary N) is 2. The van der Waals surface area contributed by atoms with Gasteiger partial charge in [0.2, 0.25) is 16.4 Å². The molecule has 9 nitrogen and oxygen atoms in total. The molecule has 0 radical (unpaired) electrons. The molecule has 2 atom stereocenters. The fourth-order valence-corrected chi connectivity index (χ4v) is 3.96. The molecule has 0 unspecified atom stereocenters. The summed E-state index contributed by atoms with van der Waals surface area (Å²) in [6.07, 6.45) is -0.565. The number of amides is 2. The highest BCUT2D eigenvalue weighted by Crippen LogP contribution is 2.22. The number of methoxy groups -OCH3 is 1. The third-order valence-electron chi connectivity index (χ3n) is 3.88. The van der Waals surface area contributed by atoms with Crippen LogP contribution in [-0.2, 0) is 19.6 Å². The van der Waals surface area contributed by atoms with E-state index in [1.54, 1.807) is 32.9 Å². The van der Waals surface area contributed by atoms with Crippen LogP contribution in [0.5, 0.6) is 5.75 Å². The van der Waals surface area contributed by atoms with Gasteiger partial charge in [0, 0.05) is 19.0 Å². The second-order valence-electron chi connectivity index (χ2n) is 7.16. The minimum absolute atomic E-state index is 0.0792. The fraction of sp³-hybridized carbons (Fsp3) is 0.529. The van der Waals surface area contributed by atoms with Crippen LogP contribution in [0, 0.1) is 0 Å². The van der Waals surface area contributed by atoms with E-state index < -0.39 is 33.9 Å². The maximum Gasteiger partial charge on any atom is 0.411 e. The summed E-state index contributed by atoms with van der Waals surface area (Å²) < 4.78 is 38.1. The third-order valence-corrected chi connectivity index (χ3v) is 5.42. The predicted molar refractivity (Wildman–Crippen MR) is 97.6 cm³/mol. The van der Waals surface area contributed by atoms with Crippen LogP contribution in [0.1, 0.15) is 27.2 Å². The Morgan fingerprint density at radius 2 is 1.89 bits per heavy atom. The van der Waals surface area contributed by atoms with Gasteiger partial charge in [-0.25, -0.2) is 17.9 Å². The summed E-state index contributed by atoms with van der Waals surface area (Å²) in [6.45, 7) is 5.27. The standard InChI is InChI=1S/C17H25N3O6S/c1-17(2,3)26-16(22)20-10-12(9-15(20)18-11-21)19-27(23,24)14-7-5-13(25-4)6-8-14/h5-8,11-12,15,19H,9-10H2,1-4H3,(H,18,21)/t12-,15+/m1/s1. The van der Waals surface area contributed by atoms with E-state index in [2.05, 4.69) is 10.0 Å². The molecule has 0 aliphatic carbocycles. The number of likely N-dealkylation sites (tertiary alicyclic amines) is 1. The van der Waals surface area contributed by atoms with Gasteiger partial charge in [-0.2, -0.15) is 0 Å². The highest BCUT2D eigenvalue weighted by atomic mass is 32.2. The molecule has 1 aliphatic rings. The molecule has 0 spiro atoms. The zero-order valence-electron chi connectivity index (χ0n) is 15.8. The molecular formula is C17H25N3O6S. The molecule has 10 heteroatoms. The number of carbonyl (C=O) groups is 2. The fourth-order valence-electron chi connectivity index (χ4n) is 2.72. The first-order valence-electron chi connectivity index (χ1n) is 8.41. The lowest BCUT2D eigenvalue weighted by atomic mass is 10.2. The molecule has 1 heterocycles. The van der Waals surface area contributed by atoms with Gasteiger partial charge in [0.25, 0.3) is 0 Å². The van der Waals surface area contributed by atoms with E-state index in [9.17, 15) is 18.0 Å². The molecule has 0 bridgehead atoms. The summed E-state index contributed by atoms with van der Waals surface area (Å²) in [5.74, 6) is 0.543. The van der Waals surface area contributed by atoms with Gasteiger partial charge in [-0.3, -0.25) is 9.69 Å². The smallest absolute Gasteiger partial charge is 0.411 e. The number of hydrogen-bond acceptors (Lipinski definition) is 6. The van der Waals surface area contributed by atoms with Crippen LogP contribution in [-0.4, -0.2) is 57.3 Å². The average molecular weight is 399 g/mol. The average Bonchev–Trinajstić information content (AvgIpc) is 2.95. The van der Waals surface area contributed by atoms with Gasteiger partial charge in [0.15, 0.2) is 0 Å². The van der Waals surface area contributed by atoms with Gasteiger partial charge in [-0.05, 0) is 45.0 Å². The number of rotatable bonds is 6. The van der Waals surface area contributed by atoms with E-state index in [4.69, 9.17) is 9.47 Å². The normalized spacial score (nSPS) is 20.2. The molecule has 1 aromatic carbocycles. The van der Waals surface area contributed by atoms with Crippen LogP contribution in [0.2, 0.25) is 0 Å². The quantitative estimate of drug-likeness (QED) is 0.692.